The van der Waals surface area contributed by atoms with Crippen LogP contribution in [0.1, 0.15) is 22.8 Å². The summed E-state index contributed by atoms with van der Waals surface area (Å²) in [6.45, 7) is 1.75. The van der Waals surface area contributed by atoms with Crippen LogP contribution in [0.4, 0.5) is 4.39 Å². The lowest BCUT2D eigenvalue weighted by molar-refractivity contribution is -0.123. The van der Waals surface area contributed by atoms with E-state index in [1.54, 1.807) is 6.07 Å². The zero-order chi connectivity index (χ0) is 16.7. The Labute approximate surface area is 133 Å². The monoisotopic (exact) mass is 316 g/mol. The molecule has 0 bridgehead atoms. The van der Waals surface area contributed by atoms with Crippen molar-refractivity contribution < 1.29 is 18.7 Å². The standard InChI is InChI=1S/C17H17FN2O3/c1-2-12-6-3-4-9-15(12)23-11-16(21)19-20-17(22)13-7-5-8-14(18)10-13/h3-10H,2,11H2,1H3,(H,19,21)(H,20,22). The van der Waals surface area contributed by atoms with Crippen LogP contribution in [-0.2, 0) is 11.2 Å². The Kier molecular flexibility index (Phi) is 5.68. The van der Waals surface area contributed by atoms with Gasteiger partial charge >= 0.3 is 0 Å². The van der Waals surface area contributed by atoms with Crippen molar-refractivity contribution >= 4 is 11.8 Å². The van der Waals surface area contributed by atoms with E-state index in [1.165, 1.54) is 18.2 Å². The van der Waals surface area contributed by atoms with Gasteiger partial charge in [0.2, 0.25) is 0 Å². The number of carbonyl (C=O) groups is 2. The van der Waals surface area contributed by atoms with Gasteiger partial charge in [0.25, 0.3) is 11.8 Å². The van der Waals surface area contributed by atoms with Crippen LogP contribution in [0.15, 0.2) is 48.5 Å². The molecule has 0 atom stereocenters. The molecule has 0 spiro atoms. The van der Waals surface area contributed by atoms with Crippen molar-refractivity contribution in [2.75, 3.05) is 6.61 Å². The molecule has 0 heterocycles. The predicted molar refractivity (Wildman–Crippen MR) is 83.3 cm³/mol. The third kappa shape index (κ3) is 4.81. The molecule has 0 aliphatic rings. The zero-order valence-corrected chi connectivity index (χ0v) is 12.6. The van der Waals surface area contributed by atoms with Crippen LogP contribution >= 0.6 is 0 Å². The van der Waals surface area contributed by atoms with Crippen molar-refractivity contribution in [3.05, 3.63) is 65.5 Å². The Bertz CT molecular complexity index is 704. The molecule has 2 rings (SSSR count). The number of aryl methyl sites for hydroxylation is 1. The number of carbonyl (C=O) groups excluding carboxylic acids is 2. The maximum absolute atomic E-state index is 13.0. The Hall–Kier alpha value is -2.89. The van der Waals surface area contributed by atoms with Crippen molar-refractivity contribution in [3.8, 4) is 5.75 Å². The molecule has 0 aliphatic heterocycles. The van der Waals surface area contributed by atoms with E-state index in [0.29, 0.717) is 5.75 Å². The lowest BCUT2D eigenvalue weighted by Crippen LogP contribution is -2.43. The van der Waals surface area contributed by atoms with Crippen LogP contribution in [0.3, 0.4) is 0 Å². The molecule has 2 aromatic carbocycles. The van der Waals surface area contributed by atoms with Crippen LogP contribution in [0.25, 0.3) is 0 Å². The van der Waals surface area contributed by atoms with Crippen molar-refractivity contribution in [2.45, 2.75) is 13.3 Å². The van der Waals surface area contributed by atoms with Crippen molar-refractivity contribution in [1.29, 1.82) is 0 Å². The van der Waals surface area contributed by atoms with E-state index in [2.05, 4.69) is 10.9 Å². The highest BCUT2D eigenvalue weighted by Gasteiger charge is 2.09. The van der Waals surface area contributed by atoms with Gasteiger partial charge in [-0.2, -0.15) is 0 Å². The molecule has 6 heteroatoms. The number of para-hydroxylation sites is 1. The summed E-state index contributed by atoms with van der Waals surface area (Å²) >= 11 is 0. The molecule has 5 nitrogen and oxygen atoms in total. The van der Waals surface area contributed by atoms with Gasteiger partial charge in [-0.05, 0) is 36.2 Å². The third-order valence-electron chi connectivity index (χ3n) is 3.11. The summed E-state index contributed by atoms with van der Waals surface area (Å²) in [5.74, 6) is -1.02. The first kappa shape index (κ1) is 16.5. The summed E-state index contributed by atoms with van der Waals surface area (Å²) in [5, 5.41) is 0. The number of benzene rings is 2. The van der Waals surface area contributed by atoms with E-state index in [9.17, 15) is 14.0 Å². The first-order valence-corrected chi connectivity index (χ1v) is 7.15. The molecule has 0 aliphatic carbocycles. The highest BCUT2D eigenvalue weighted by Crippen LogP contribution is 2.17. The fourth-order valence-electron chi connectivity index (χ4n) is 1.94. The van der Waals surface area contributed by atoms with Gasteiger partial charge in [-0.1, -0.05) is 31.2 Å². The van der Waals surface area contributed by atoms with Gasteiger partial charge in [-0.25, -0.2) is 4.39 Å². The Morgan fingerprint density at radius 3 is 2.61 bits per heavy atom. The highest BCUT2D eigenvalue weighted by molar-refractivity contribution is 5.95. The first-order chi connectivity index (χ1) is 11.1. The minimum atomic E-state index is -0.605. The molecule has 2 amide bonds. The molecule has 0 saturated heterocycles. The highest BCUT2D eigenvalue weighted by atomic mass is 19.1. The number of hydrogen-bond acceptors (Lipinski definition) is 3. The molecule has 0 unspecified atom stereocenters. The second kappa shape index (κ2) is 7.93. The molecule has 0 radical (unpaired) electrons. The van der Waals surface area contributed by atoms with E-state index in [1.807, 2.05) is 25.1 Å². The number of amides is 2. The molecule has 2 N–H and O–H groups in total. The zero-order valence-electron chi connectivity index (χ0n) is 12.6. The van der Waals surface area contributed by atoms with E-state index >= 15 is 0 Å². The quantitative estimate of drug-likeness (QED) is 0.831. The van der Waals surface area contributed by atoms with Gasteiger partial charge < -0.3 is 4.74 Å². The number of hydrogen-bond donors (Lipinski definition) is 2. The van der Waals surface area contributed by atoms with Crippen molar-refractivity contribution in [1.82, 2.24) is 10.9 Å². The Morgan fingerprint density at radius 2 is 1.87 bits per heavy atom. The van der Waals surface area contributed by atoms with Gasteiger partial charge in [0.15, 0.2) is 6.61 Å². The lowest BCUT2D eigenvalue weighted by Gasteiger charge is -2.11. The fourth-order valence-corrected chi connectivity index (χ4v) is 1.94. The molecule has 0 fully saturated rings. The lowest BCUT2D eigenvalue weighted by atomic mass is 10.1. The summed E-state index contributed by atoms with van der Waals surface area (Å²) in [6, 6.07) is 12.6. The second-order valence-corrected chi connectivity index (χ2v) is 4.76. The molecule has 23 heavy (non-hydrogen) atoms. The predicted octanol–water partition coefficient (Wildman–Crippen LogP) is 2.23. The smallest absolute Gasteiger partial charge is 0.276 e. The molecular formula is C17H17FN2O3. The van der Waals surface area contributed by atoms with Crippen LogP contribution in [-0.4, -0.2) is 18.4 Å². The van der Waals surface area contributed by atoms with Gasteiger partial charge in [0.1, 0.15) is 11.6 Å². The SMILES string of the molecule is CCc1ccccc1OCC(=O)NNC(=O)c1cccc(F)c1. The third-order valence-corrected chi connectivity index (χ3v) is 3.11. The average Bonchev–Trinajstić information content (AvgIpc) is 2.58. The molecule has 2 aromatic rings. The summed E-state index contributed by atoms with van der Waals surface area (Å²) < 4.78 is 18.4. The second-order valence-electron chi connectivity index (χ2n) is 4.76. The number of ether oxygens (including phenoxy) is 1. The fraction of sp³-hybridized carbons (Fsp3) is 0.176. The van der Waals surface area contributed by atoms with Gasteiger partial charge in [0, 0.05) is 5.56 Å². The molecule has 0 saturated carbocycles. The maximum Gasteiger partial charge on any atom is 0.276 e. The number of hydrazine groups is 1. The molecule has 120 valence electrons. The number of halogens is 1. The number of nitrogens with one attached hydrogen (secondary N) is 2. The number of rotatable bonds is 5. The van der Waals surface area contributed by atoms with Crippen LogP contribution in [0.5, 0.6) is 5.75 Å². The molecular weight excluding hydrogens is 299 g/mol. The van der Waals surface area contributed by atoms with Crippen LogP contribution < -0.4 is 15.6 Å². The van der Waals surface area contributed by atoms with Crippen molar-refractivity contribution in [3.63, 3.8) is 0 Å². The van der Waals surface area contributed by atoms with E-state index in [0.717, 1.165) is 18.1 Å². The average molecular weight is 316 g/mol. The largest absolute Gasteiger partial charge is 0.483 e. The van der Waals surface area contributed by atoms with Gasteiger partial charge in [0.05, 0.1) is 0 Å². The summed E-state index contributed by atoms with van der Waals surface area (Å²) in [5.41, 5.74) is 5.53. The first-order valence-electron chi connectivity index (χ1n) is 7.15. The summed E-state index contributed by atoms with van der Waals surface area (Å²) in [6.07, 6.45) is 0.786. The summed E-state index contributed by atoms with van der Waals surface area (Å²) in [7, 11) is 0. The van der Waals surface area contributed by atoms with E-state index < -0.39 is 17.6 Å². The maximum atomic E-state index is 13.0. The van der Waals surface area contributed by atoms with E-state index in [4.69, 9.17) is 4.74 Å². The Morgan fingerprint density at radius 1 is 1.09 bits per heavy atom. The van der Waals surface area contributed by atoms with Crippen LogP contribution in [0.2, 0.25) is 0 Å². The minimum Gasteiger partial charge on any atom is -0.483 e. The van der Waals surface area contributed by atoms with Gasteiger partial charge in [-0.15, -0.1) is 0 Å². The van der Waals surface area contributed by atoms with Gasteiger partial charge in [-0.3, -0.25) is 20.4 Å². The summed E-state index contributed by atoms with van der Waals surface area (Å²) in [4.78, 5) is 23.4. The minimum absolute atomic E-state index is 0.113. The topological polar surface area (TPSA) is 67.4 Å². The van der Waals surface area contributed by atoms with Crippen LogP contribution in [0, 0.1) is 5.82 Å². The Balaban J connectivity index is 1.82. The van der Waals surface area contributed by atoms with E-state index in [-0.39, 0.29) is 12.2 Å². The van der Waals surface area contributed by atoms with Crippen molar-refractivity contribution in [2.24, 2.45) is 0 Å². The normalized spacial score (nSPS) is 10.0. The molecule has 0 aromatic heterocycles.